The first-order chi connectivity index (χ1) is 10.1. The van der Waals surface area contributed by atoms with Gasteiger partial charge in [0.1, 0.15) is 5.82 Å². The van der Waals surface area contributed by atoms with Crippen LogP contribution in [0.1, 0.15) is 29.3 Å². The second kappa shape index (κ2) is 7.36. The Hall–Kier alpha value is -1.68. The van der Waals surface area contributed by atoms with E-state index >= 15 is 0 Å². The molecule has 0 saturated carbocycles. The lowest BCUT2D eigenvalue weighted by Gasteiger charge is -2.22. The van der Waals surface area contributed by atoms with E-state index in [1.165, 1.54) is 12.1 Å². The van der Waals surface area contributed by atoms with E-state index in [2.05, 4.69) is 15.9 Å². The minimum absolute atomic E-state index is 0.152. The molecule has 0 N–H and O–H groups in total. The normalized spacial score (nSPS) is 10.4. The van der Waals surface area contributed by atoms with Crippen molar-refractivity contribution < 1.29 is 9.18 Å². The number of hydrogen-bond donors (Lipinski definition) is 0. The summed E-state index contributed by atoms with van der Waals surface area (Å²) in [6.07, 6.45) is 0.856. The average Bonchev–Trinajstić information content (AvgIpc) is 2.46. The summed E-state index contributed by atoms with van der Waals surface area (Å²) in [6.45, 7) is 3.19. The van der Waals surface area contributed by atoms with Gasteiger partial charge in [-0.05, 0) is 30.2 Å². The van der Waals surface area contributed by atoms with Crippen LogP contribution in [0.4, 0.5) is 4.39 Å². The van der Waals surface area contributed by atoms with E-state index in [4.69, 9.17) is 0 Å². The first-order valence-electron chi connectivity index (χ1n) is 6.89. The van der Waals surface area contributed by atoms with Crippen LogP contribution in [0, 0.1) is 5.82 Å². The molecule has 0 radical (unpaired) electrons. The molecule has 0 atom stereocenters. The molecule has 2 aromatic rings. The molecular formula is C17H17BrFNO. The largest absolute Gasteiger partial charge is 0.334 e. The van der Waals surface area contributed by atoms with Crippen LogP contribution in [0.3, 0.4) is 0 Å². The summed E-state index contributed by atoms with van der Waals surface area (Å²) in [5.41, 5.74) is 1.43. The quantitative estimate of drug-likeness (QED) is 0.769. The van der Waals surface area contributed by atoms with Gasteiger partial charge in [0.25, 0.3) is 5.91 Å². The fourth-order valence-electron chi connectivity index (χ4n) is 2.19. The first kappa shape index (κ1) is 15.7. The number of halogens is 2. The molecule has 0 heterocycles. The van der Waals surface area contributed by atoms with Crippen LogP contribution in [0.5, 0.6) is 0 Å². The lowest BCUT2D eigenvalue weighted by Crippen LogP contribution is -2.31. The van der Waals surface area contributed by atoms with Gasteiger partial charge >= 0.3 is 0 Å². The van der Waals surface area contributed by atoms with Crippen LogP contribution in [-0.2, 0) is 6.54 Å². The van der Waals surface area contributed by atoms with E-state index in [1.54, 1.807) is 11.0 Å². The van der Waals surface area contributed by atoms with Gasteiger partial charge in [0.2, 0.25) is 0 Å². The lowest BCUT2D eigenvalue weighted by molar-refractivity contribution is 0.0742. The van der Waals surface area contributed by atoms with E-state index in [1.807, 2.05) is 37.3 Å². The molecule has 0 aliphatic heterocycles. The third-order valence-corrected chi connectivity index (χ3v) is 3.56. The molecule has 4 heteroatoms. The van der Waals surface area contributed by atoms with Crippen molar-refractivity contribution in [3.8, 4) is 0 Å². The fraction of sp³-hybridized carbons (Fsp3) is 0.235. The number of carbonyl (C=O) groups excluding carboxylic acids is 1. The smallest absolute Gasteiger partial charge is 0.254 e. The predicted octanol–water partition coefficient (Wildman–Crippen LogP) is 4.64. The molecule has 0 saturated heterocycles. The lowest BCUT2D eigenvalue weighted by atomic mass is 10.1. The molecule has 0 aliphatic carbocycles. The number of benzene rings is 2. The maximum atomic E-state index is 13.5. The highest BCUT2D eigenvalue weighted by atomic mass is 79.9. The Morgan fingerprint density at radius 1 is 1.19 bits per heavy atom. The predicted molar refractivity (Wildman–Crippen MR) is 85.6 cm³/mol. The molecule has 2 rings (SSSR count). The van der Waals surface area contributed by atoms with E-state index < -0.39 is 5.82 Å². The molecule has 21 heavy (non-hydrogen) atoms. The minimum Gasteiger partial charge on any atom is -0.334 e. The Bertz CT molecular complexity index is 595. The van der Waals surface area contributed by atoms with Crippen LogP contribution in [0.25, 0.3) is 0 Å². The molecule has 0 bridgehead atoms. The molecule has 0 aromatic heterocycles. The summed E-state index contributed by atoms with van der Waals surface area (Å²) in [5.74, 6) is -0.565. The molecule has 0 fully saturated rings. The van der Waals surface area contributed by atoms with Gasteiger partial charge in [-0.3, -0.25) is 4.79 Å². The highest BCUT2D eigenvalue weighted by Crippen LogP contribution is 2.17. The van der Waals surface area contributed by atoms with Crippen LogP contribution in [0.2, 0.25) is 0 Å². The van der Waals surface area contributed by atoms with Crippen molar-refractivity contribution >= 4 is 21.8 Å². The highest BCUT2D eigenvalue weighted by Gasteiger charge is 2.16. The highest BCUT2D eigenvalue weighted by molar-refractivity contribution is 9.10. The number of nitrogens with zero attached hydrogens (tertiary/aromatic N) is 1. The van der Waals surface area contributed by atoms with Crippen LogP contribution >= 0.6 is 15.9 Å². The standard InChI is InChI=1S/C17H17BrFNO/c1-2-8-20(12-13-6-4-3-5-7-13)17(21)14-9-15(18)11-16(19)10-14/h3-7,9-11H,2,8,12H2,1H3. The molecule has 0 aliphatic rings. The number of rotatable bonds is 5. The third-order valence-electron chi connectivity index (χ3n) is 3.11. The first-order valence-corrected chi connectivity index (χ1v) is 7.68. The maximum absolute atomic E-state index is 13.5. The van der Waals surface area contributed by atoms with Gasteiger partial charge in [-0.15, -0.1) is 0 Å². The van der Waals surface area contributed by atoms with E-state index in [0.29, 0.717) is 23.1 Å². The van der Waals surface area contributed by atoms with Crippen molar-refractivity contribution in [2.24, 2.45) is 0 Å². The molecular weight excluding hydrogens is 333 g/mol. The van der Waals surface area contributed by atoms with Gasteiger partial charge in [-0.2, -0.15) is 0 Å². The SMILES string of the molecule is CCCN(Cc1ccccc1)C(=O)c1cc(F)cc(Br)c1. The number of carbonyl (C=O) groups is 1. The van der Waals surface area contributed by atoms with Crippen molar-refractivity contribution in [3.05, 3.63) is 69.9 Å². The second-order valence-corrected chi connectivity index (χ2v) is 5.79. The van der Waals surface area contributed by atoms with E-state index in [-0.39, 0.29) is 5.91 Å². The molecule has 2 nitrogen and oxygen atoms in total. The molecule has 110 valence electrons. The average molecular weight is 350 g/mol. The van der Waals surface area contributed by atoms with Crippen LogP contribution in [0.15, 0.2) is 53.0 Å². The molecule has 0 spiro atoms. The van der Waals surface area contributed by atoms with Gasteiger partial charge in [-0.1, -0.05) is 53.2 Å². The topological polar surface area (TPSA) is 20.3 Å². The summed E-state index contributed by atoms with van der Waals surface area (Å²) in [4.78, 5) is 14.3. The molecule has 1 amide bonds. The van der Waals surface area contributed by atoms with Gasteiger partial charge in [0.05, 0.1) is 0 Å². The van der Waals surface area contributed by atoms with Gasteiger partial charge in [0, 0.05) is 23.1 Å². The summed E-state index contributed by atoms with van der Waals surface area (Å²) >= 11 is 3.23. The Morgan fingerprint density at radius 3 is 2.52 bits per heavy atom. The molecule has 2 aromatic carbocycles. The zero-order valence-electron chi connectivity index (χ0n) is 11.9. The number of amides is 1. The third kappa shape index (κ3) is 4.39. The van der Waals surface area contributed by atoms with Crippen molar-refractivity contribution in [1.82, 2.24) is 4.90 Å². The molecule has 0 unspecified atom stereocenters. The summed E-state index contributed by atoms with van der Waals surface area (Å²) in [6, 6.07) is 14.1. The van der Waals surface area contributed by atoms with E-state index in [0.717, 1.165) is 12.0 Å². The van der Waals surface area contributed by atoms with Gasteiger partial charge in [0.15, 0.2) is 0 Å². The zero-order chi connectivity index (χ0) is 15.2. The zero-order valence-corrected chi connectivity index (χ0v) is 13.4. The fourth-order valence-corrected chi connectivity index (χ4v) is 2.65. The van der Waals surface area contributed by atoms with E-state index in [9.17, 15) is 9.18 Å². The van der Waals surface area contributed by atoms with Crippen LogP contribution < -0.4 is 0 Å². The number of hydrogen-bond acceptors (Lipinski definition) is 1. The summed E-state index contributed by atoms with van der Waals surface area (Å²) < 4.78 is 14.0. The van der Waals surface area contributed by atoms with Crippen LogP contribution in [-0.4, -0.2) is 17.4 Å². The van der Waals surface area contributed by atoms with Crippen molar-refractivity contribution in [1.29, 1.82) is 0 Å². The van der Waals surface area contributed by atoms with Crippen molar-refractivity contribution in [3.63, 3.8) is 0 Å². The summed E-state index contributed by atoms with van der Waals surface area (Å²) in [5, 5.41) is 0. The Kier molecular flexibility index (Phi) is 5.51. The Labute approximate surface area is 132 Å². The van der Waals surface area contributed by atoms with Crippen molar-refractivity contribution in [2.75, 3.05) is 6.54 Å². The minimum atomic E-state index is -0.413. The Balaban J connectivity index is 2.22. The van der Waals surface area contributed by atoms with Gasteiger partial charge < -0.3 is 4.90 Å². The Morgan fingerprint density at radius 2 is 1.90 bits per heavy atom. The van der Waals surface area contributed by atoms with Crippen molar-refractivity contribution in [2.45, 2.75) is 19.9 Å². The monoisotopic (exact) mass is 349 g/mol. The maximum Gasteiger partial charge on any atom is 0.254 e. The second-order valence-electron chi connectivity index (χ2n) is 4.87. The van der Waals surface area contributed by atoms with Gasteiger partial charge in [-0.25, -0.2) is 4.39 Å². The summed E-state index contributed by atoms with van der Waals surface area (Å²) in [7, 11) is 0.